The first-order valence-corrected chi connectivity index (χ1v) is 11.2. The zero-order valence-corrected chi connectivity index (χ0v) is 18.4. The van der Waals surface area contributed by atoms with Crippen molar-refractivity contribution in [1.29, 1.82) is 0 Å². The van der Waals surface area contributed by atoms with Crippen LogP contribution in [0.4, 0.5) is 0 Å². The van der Waals surface area contributed by atoms with Crippen LogP contribution in [0.25, 0.3) is 21.8 Å². The van der Waals surface area contributed by atoms with Gasteiger partial charge in [0.25, 0.3) is 11.5 Å². The molecule has 1 aliphatic carbocycles. The Morgan fingerprint density at radius 3 is 2.66 bits per heavy atom. The van der Waals surface area contributed by atoms with Crippen molar-refractivity contribution >= 4 is 27.7 Å². The van der Waals surface area contributed by atoms with Crippen LogP contribution in [0.3, 0.4) is 0 Å². The Bertz CT molecular complexity index is 1410. The molecule has 1 amide bonds. The van der Waals surface area contributed by atoms with Gasteiger partial charge in [0.1, 0.15) is 5.82 Å². The Kier molecular flexibility index (Phi) is 5.21. The number of carbonyl (C=O) groups excluding carboxylic acids is 1. The molecule has 4 aromatic rings. The van der Waals surface area contributed by atoms with Gasteiger partial charge in [0.2, 0.25) is 0 Å². The van der Waals surface area contributed by atoms with Crippen molar-refractivity contribution < 1.29 is 4.79 Å². The van der Waals surface area contributed by atoms with Gasteiger partial charge >= 0.3 is 0 Å². The van der Waals surface area contributed by atoms with E-state index in [9.17, 15) is 9.59 Å². The van der Waals surface area contributed by atoms with Crippen LogP contribution in [0.1, 0.15) is 52.8 Å². The van der Waals surface area contributed by atoms with E-state index in [4.69, 9.17) is 4.98 Å². The van der Waals surface area contributed by atoms with Crippen molar-refractivity contribution in [2.75, 3.05) is 6.54 Å². The summed E-state index contributed by atoms with van der Waals surface area (Å²) < 4.78 is 0. The maximum absolute atomic E-state index is 13.9. The molecular formula is C26H26N4O2. The molecule has 2 aromatic carbocycles. The highest BCUT2D eigenvalue weighted by molar-refractivity contribution is 6.08. The third-order valence-electron chi connectivity index (χ3n) is 6.30. The van der Waals surface area contributed by atoms with Crippen LogP contribution in [0, 0.1) is 6.92 Å². The Morgan fingerprint density at radius 1 is 1.03 bits per heavy atom. The lowest BCUT2D eigenvalue weighted by Crippen LogP contribution is -2.33. The number of nitrogens with one attached hydrogen (secondary N) is 1. The van der Waals surface area contributed by atoms with Crippen LogP contribution in [-0.2, 0) is 19.4 Å². The maximum atomic E-state index is 13.9. The van der Waals surface area contributed by atoms with Gasteiger partial charge < -0.3 is 9.88 Å². The summed E-state index contributed by atoms with van der Waals surface area (Å²) in [6.07, 6.45) is 3.95. The lowest BCUT2D eigenvalue weighted by molar-refractivity contribution is 0.0749. The molecule has 0 saturated heterocycles. The summed E-state index contributed by atoms with van der Waals surface area (Å²) in [4.78, 5) is 40.5. The number of hydrogen-bond acceptors (Lipinski definition) is 4. The van der Waals surface area contributed by atoms with Crippen molar-refractivity contribution in [2.24, 2.45) is 0 Å². The van der Waals surface area contributed by atoms with Crippen LogP contribution >= 0.6 is 0 Å². The van der Waals surface area contributed by atoms with E-state index in [-0.39, 0.29) is 18.0 Å². The molecule has 0 saturated carbocycles. The molecule has 32 heavy (non-hydrogen) atoms. The SMILES string of the molecule is CCN(Cc1nc2ccccc2c(=O)[nH]1)C(=O)c1c2c(nc3ccc(C)cc13)CCCC2. The fourth-order valence-corrected chi connectivity index (χ4v) is 4.66. The number of carbonyl (C=O) groups is 1. The number of aromatic amines is 1. The minimum absolute atomic E-state index is 0.0283. The molecule has 6 heteroatoms. The average Bonchev–Trinajstić information content (AvgIpc) is 2.80. The second kappa shape index (κ2) is 8.19. The summed E-state index contributed by atoms with van der Waals surface area (Å²) in [6.45, 7) is 4.76. The largest absolute Gasteiger partial charge is 0.331 e. The summed E-state index contributed by atoms with van der Waals surface area (Å²) in [5.41, 5.74) is 5.31. The van der Waals surface area contributed by atoms with Crippen molar-refractivity contribution in [3.8, 4) is 0 Å². The molecule has 6 nitrogen and oxygen atoms in total. The number of benzene rings is 2. The second-order valence-corrected chi connectivity index (χ2v) is 8.49. The zero-order chi connectivity index (χ0) is 22.2. The van der Waals surface area contributed by atoms with E-state index >= 15 is 0 Å². The maximum Gasteiger partial charge on any atom is 0.258 e. The monoisotopic (exact) mass is 426 g/mol. The number of rotatable bonds is 4. The van der Waals surface area contributed by atoms with Crippen LogP contribution in [0.15, 0.2) is 47.3 Å². The van der Waals surface area contributed by atoms with Gasteiger partial charge in [-0.25, -0.2) is 4.98 Å². The van der Waals surface area contributed by atoms with Crippen LogP contribution in [0.2, 0.25) is 0 Å². The van der Waals surface area contributed by atoms with Crippen molar-refractivity contribution in [2.45, 2.75) is 46.1 Å². The number of amides is 1. The lowest BCUT2D eigenvalue weighted by Gasteiger charge is -2.25. The summed E-state index contributed by atoms with van der Waals surface area (Å²) in [5.74, 6) is 0.465. The van der Waals surface area contributed by atoms with Crippen molar-refractivity contribution in [3.05, 3.63) is 81.0 Å². The van der Waals surface area contributed by atoms with Crippen molar-refractivity contribution in [1.82, 2.24) is 19.9 Å². The first kappa shape index (κ1) is 20.4. The first-order chi connectivity index (χ1) is 15.5. The summed E-state index contributed by atoms with van der Waals surface area (Å²) in [7, 11) is 0. The number of fused-ring (bicyclic) bond motifs is 3. The molecule has 1 N–H and O–H groups in total. The van der Waals surface area contributed by atoms with Gasteiger partial charge in [-0.05, 0) is 69.4 Å². The number of nitrogens with zero attached hydrogens (tertiary/aromatic N) is 3. The van der Waals surface area contributed by atoms with Gasteiger partial charge in [-0.15, -0.1) is 0 Å². The number of aryl methyl sites for hydroxylation is 2. The van der Waals surface area contributed by atoms with Crippen LogP contribution in [-0.4, -0.2) is 32.3 Å². The topological polar surface area (TPSA) is 79.0 Å². The first-order valence-electron chi connectivity index (χ1n) is 11.2. The highest BCUT2D eigenvalue weighted by Gasteiger charge is 2.26. The third kappa shape index (κ3) is 3.55. The van der Waals surface area contributed by atoms with Gasteiger partial charge in [0.05, 0.1) is 28.5 Å². The number of aromatic nitrogens is 3. The van der Waals surface area contributed by atoms with E-state index in [2.05, 4.69) is 16.0 Å². The molecule has 162 valence electrons. The molecule has 1 aliphatic rings. The van der Waals surface area contributed by atoms with Gasteiger partial charge in [-0.3, -0.25) is 14.6 Å². The molecule has 2 aromatic heterocycles. The molecule has 0 fully saturated rings. The lowest BCUT2D eigenvalue weighted by atomic mass is 9.89. The Balaban J connectivity index is 1.59. The molecule has 0 aliphatic heterocycles. The second-order valence-electron chi connectivity index (χ2n) is 8.49. The predicted molar refractivity (Wildman–Crippen MR) is 126 cm³/mol. The molecule has 0 atom stereocenters. The molecule has 0 radical (unpaired) electrons. The zero-order valence-electron chi connectivity index (χ0n) is 18.4. The molecular weight excluding hydrogens is 400 g/mol. The van der Waals surface area contributed by atoms with Crippen LogP contribution < -0.4 is 5.56 Å². The number of para-hydroxylation sites is 1. The van der Waals surface area contributed by atoms with E-state index in [0.29, 0.717) is 23.3 Å². The summed E-state index contributed by atoms with van der Waals surface area (Å²) in [6, 6.07) is 13.4. The Labute approximate surface area is 186 Å². The minimum atomic E-state index is -0.184. The summed E-state index contributed by atoms with van der Waals surface area (Å²) >= 11 is 0. The number of H-pyrrole nitrogens is 1. The molecule has 0 bridgehead atoms. The highest BCUT2D eigenvalue weighted by Crippen LogP contribution is 2.31. The smallest absolute Gasteiger partial charge is 0.258 e. The van der Waals surface area contributed by atoms with E-state index in [1.165, 1.54) is 0 Å². The van der Waals surface area contributed by atoms with Crippen molar-refractivity contribution in [3.63, 3.8) is 0 Å². The Hall–Kier alpha value is -3.54. The van der Waals surface area contributed by atoms with Gasteiger partial charge in [-0.2, -0.15) is 0 Å². The van der Waals surface area contributed by atoms with E-state index in [1.54, 1.807) is 11.0 Å². The fourth-order valence-electron chi connectivity index (χ4n) is 4.66. The van der Waals surface area contributed by atoms with Gasteiger partial charge in [0.15, 0.2) is 0 Å². The standard InChI is InChI=1S/C26H26N4O2/c1-3-30(15-23-28-21-11-7-5-9-18(21)25(31)29-23)26(32)24-17-8-4-6-10-20(17)27-22-13-12-16(2)14-19(22)24/h5,7,9,11-14H,3-4,6,8,10,15H2,1-2H3,(H,28,29,31). The molecule has 5 rings (SSSR count). The quantitative estimate of drug-likeness (QED) is 0.527. The third-order valence-corrected chi connectivity index (χ3v) is 6.30. The van der Waals surface area contributed by atoms with E-state index in [1.807, 2.05) is 44.2 Å². The van der Waals surface area contributed by atoms with Gasteiger partial charge in [-0.1, -0.05) is 23.8 Å². The molecule has 0 unspecified atom stereocenters. The minimum Gasteiger partial charge on any atom is -0.331 e. The normalized spacial score (nSPS) is 13.3. The fraction of sp³-hybridized carbons (Fsp3) is 0.308. The number of pyridine rings is 1. The molecule has 2 heterocycles. The summed E-state index contributed by atoms with van der Waals surface area (Å²) in [5, 5.41) is 1.46. The van der Waals surface area contributed by atoms with Crippen LogP contribution in [0.5, 0.6) is 0 Å². The van der Waals surface area contributed by atoms with Gasteiger partial charge in [0, 0.05) is 17.6 Å². The highest BCUT2D eigenvalue weighted by atomic mass is 16.2. The molecule has 0 spiro atoms. The Morgan fingerprint density at radius 2 is 1.81 bits per heavy atom. The average molecular weight is 427 g/mol. The number of hydrogen-bond donors (Lipinski definition) is 1. The van der Waals surface area contributed by atoms with E-state index in [0.717, 1.165) is 59.0 Å². The predicted octanol–water partition coefficient (Wildman–Crippen LogP) is 4.32. The van der Waals surface area contributed by atoms with E-state index < -0.39 is 0 Å².